The molecule has 1 aromatic heterocycles. The molecule has 0 spiro atoms. The maximum Gasteiger partial charge on any atom is 0.327 e. The Morgan fingerprint density at radius 1 is 1.60 bits per heavy atom. The number of thioether (sulfide) groups is 1. The Kier molecular flexibility index (Phi) is 4.09. The number of amides is 1. The van der Waals surface area contributed by atoms with Gasteiger partial charge in [-0.2, -0.15) is 0 Å². The van der Waals surface area contributed by atoms with Crippen molar-refractivity contribution in [1.29, 1.82) is 0 Å². The monoisotopic (exact) mass is 317 g/mol. The molecule has 0 aromatic carbocycles. The van der Waals surface area contributed by atoms with E-state index in [-0.39, 0.29) is 22.3 Å². The largest absolute Gasteiger partial charge is 0.480 e. The summed E-state index contributed by atoms with van der Waals surface area (Å²) in [6, 6.07) is 0.0724. The summed E-state index contributed by atoms with van der Waals surface area (Å²) in [6.45, 7) is 0. The lowest BCUT2D eigenvalue weighted by molar-refractivity contribution is -0.385. The Labute approximate surface area is 121 Å². The number of pyridine rings is 1. The Hall–Kier alpha value is -1.87. The molecule has 106 valence electrons. The number of nitrogens with zero attached hydrogens (tertiary/aromatic N) is 3. The number of carboxylic acids is 1. The predicted molar refractivity (Wildman–Crippen MR) is 70.8 cm³/mol. The van der Waals surface area contributed by atoms with Gasteiger partial charge in [0.1, 0.15) is 23.0 Å². The normalized spacial score (nSPS) is 18.1. The lowest BCUT2D eigenvalue weighted by atomic mass is 10.2. The lowest BCUT2D eigenvalue weighted by Gasteiger charge is -2.20. The number of nitro groups is 1. The minimum atomic E-state index is -1.15. The molecule has 0 unspecified atom stereocenters. The van der Waals surface area contributed by atoms with Crippen molar-refractivity contribution >= 4 is 40.9 Å². The number of aliphatic carboxylic acids is 1. The van der Waals surface area contributed by atoms with E-state index in [0.717, 1.165) is 17.2 Å². The Balaban J connectivity index is 2.40. The standard InChI is InChI=1S/C10H8ClN3O5S/c11-8-1-5(6(2-12-8)14(18)19)9(15)13-4-20-3-7(13)10(16)17/h1-2,7H,3-4H2,(H,16,17)/t7-/m0/s1. The third kappa shape index (κ3) is 2.68. The number of carboxylic acid groups (broad SMARTS) is 1. The number of carbonyl (C=O) groups is 2. The van der Waals surface area contributed by atoms with E-state index in [1.807, 2.05) is 0 Å². The molecule has 0 saturated carbocycles. The van der Waals surface area contributed by atoms with E-state index >= 15 is 0 Å². The highest BCUT2D eigenvalue weighted by molar-refractivity contribution is 7.99. The van der Waals surface area contributed by atoms with Crippen molar-refractivity contribution in [2.75, 3.05) is 11.6 Å². The average Bonchev–Trinajstić information content (AvgIpc) is 2.86. The van der Waals surface area contributed by atoms with Gasteiger partial charge in [-0.15, -0.1) is 11.8 Å². The van der Waals surface area contributed by atoms with Crippen LogP contribution in [0.15, 0.2) is 12.3 Å². The molecule has 1 fully saturated rings. The Morgan fingerprint density at radius 3 is 2.90 bits per heavy atom. The first-order valence-electron chi connectivity index (χ1n) is 5.33. The van der Waals surface area contributed by atoms with E-state index in [9.17, 15) is 19.7 Å². The van der Waals surface area contributed by atoms with Gasteiger partial charge >= 0.3 is 5.97 Å². The summed E-state index contributed by atoms with van der Waals surface area (Å²) in [4.78, 5) is 38.1. The van der Waals surface area contributed by atoms with E-state index in [0.29, 0.717) is 0 Å². The molecular formula is C10H8ClN3O5S. The van der Waals surface area contributed by atoms with Gasteiger partial charge in [-0.1, -0.05) is 11.6 Å². The van der Waals surface area contributed by atoms with Crippen molar-refractivity contribution in [2.24, 2.45) is 0 Å². The highest BCUT2D eigenvalue weighted by atomic mass is 35.5. The number of halogens is 1. The Morgan fingerprint density at radius 2 is 2.30 bits per heavy atom. The molecule has 0 aliphatic carbocycles. The second kappa shape index (κ2) is 5.63. The molecule has 2 rings (SSSR count). The van der Waals surface area contributed by atoms with Crippen molar-refractivity contribution in [3.05, 3.63) is 33.1 Å². The molecule has 1 saturated heterocycles. The van der Waals surface area contributed by atoms with Crippen LogP contribution in [0.3, 0.4) is 0 Å². The van der Waals surface area contributed by atoms with E-state index in [1.54, 1.807) is 0 Å². The van der Waals surface area contributed by atoms with Crippen LogP contribution in [-0.4, -0.2) is 49.5 Å². The number of hydrogen-bond donors (Lipinski definition) is 1. The fourth-order valence-electron chi connectivity index (χ4n) is 1.74. The Bertz CT molecular complexity index is 596. The third-order valence-corrected chi connectivity index (χ3v) is 3.92. The van der Waals surface area contributed by atoms with Gasteiger partial charge in [0.2, 0.25) is 0 Å². The van der Waals surface area contributed by atoms with E-state index in [4.69, 9.17) is 16.7 Å². The van der Waals surface area contributed by atoms with Gasteiger partial charge in [0, 0.05) is 5.75 Å². The first kappa shape index (κ1) is 14.5. The van der Waals surface area contributed by atoms with Crippen molar-refractivity contribution in [3.63, 3.8) is 0 Å². The van der Waals surface area contributed by atoms with E-state index < -0.39 is 28.5 Å². The molecule has 10 heteroatoms. The fraction of sp³-hybridized carbons (Fsp3) is 0.300. The van der Waals surface area contributed by atoms with E-state index in [1.165, 1.54) is 11.8 Å². The predicted octanol–water partition coefficient (Wildman–Crippen LogP) is 1.24. The van der Waals surface area contributed by atoms with Gasteiger partial charge < -0.3 is 10.0 Å². The van der Waals surface area contributed by atoms with Crippen molar-refractivity contribution < 1.29 is 19.6 Å². The van der Waals surface area contributed by atoms with Crippen LogP contribution in [0, 0.1) is 10.1 Å². The van der Waals surface area contributed by atoms with Crippen molar-refractivity contribution in [3.8, 4) is 0 Å². The summed E-state index contributed by atoms with van der Waals surface area (Å²) < 4.78 is 0. The third-order valence-electron chi connectivity index (χ3n) is 2.70. The van der Waals surface area contributed by atoms with Gasteiger partial charge in [-0.25, -0.2) is 9.78 Å². The molecule has 1 aliphatic rings. The molecule has 1 atom stereocenters. The van der Waals surface area contributed by atoms with Crippen molar-refractivity contribution in [2.45, 2.75) is 6.04 Å². The van der Waals surface area contributed by atoms with Crippen molar-refractivity contribution in [1.82, 2.24) is 9.88 Å². The zero-order valence-corrected chi connectivity index (χ0v) is 11.4. The molecule has 0 radical (unpaired) electrons. The van der Waals surface area contributed by atoms with Crippen LogP contribution >= 0.6 is 23.4 Å². The van der Waals surface area contributed by atoms with Crippen LogP contribution in [0.25, 0.3) is 0 Å². The topological polar surface area (TPSA) is 114 Å². The quantitative estimate of drug-likeness (QED) is 0.507. The number of hydrogen-bond acceptors (Lipinski definition) is 6. The van der Waals surface area contributed by atoms with Gasteiger partial charge in [-0.3, -0.25) is 14.9 Å². The number of carbonyl (C=O) groups excluding carboxylic acids is 1. The van der Waals surface area contributed by atoms with Crippen LogP contribution in [-0.2, 0) is 4.79 Å². The first-order valence-corrected chi connectivity index (χ1v) is 6.86. The van der Waals surface area contributed by atoms with Gasteiger partial charge in [0.25, 0.3) is 11.6 Å². The number of aromatic nitrogens is 1. The maximum atomic E-state index is 12.3. The summed E-state index contributed by atoms with van der Waals surface area (Å²) >= 11 is 6.91. The molecule has 1 amide bonds. The minimum absolute atomic E-state index is 0.0716. The second-order valence-electron chi connectivity index (χ2n) is 3.91. The minimum Gasteiger partial charge on any atom is -0.480 e. The smallest absolute Gasteiger partial charge is 0.327 e. The summed E-state index contributed by atoms with van der Waals surface area (Å²) in [7, 11) is 0. The van der Waals surface area contributed by atoms with Crippen LogP contribution in [0.1, 0.15) is 10.4 Å². The maximum absolute atomic E-state index is 12.3. The molecule has 1 aliphatic heterocycles. The zero-order chi connectivity index (χ0) is 14.9. The molecule has 1 aromatic rings. The average molecular weight is 318 g/mol. The lowest BCUT2D eigenvalue weighted by Crippen LogP contribution is -2.42. The summed E-state index contributed by atoms with van der Waals surface area (Å²) in [6.07, 6.45) is 0.883. The van der Waals surface area contributed by atoms with Gasteiger partial charge in [-0.05, 0) is 6.07 Å². The summed E-state index contributed by atoms with van der Waals surface area (Å²) in [5.74, 6) is -1.48. The molecule has 1 N–H and O–H groups in total. The van der Waals surface area contributed by atoms with Gasteiger partial charge in [0.15, 0.2) is 0 Å². The molecular weight excluding hydrogens is 310 g/mol. The van der Waals surface area contributed by atoms with Crippen LogP contribution < -0.4 is 0 Å². The van der Waals surface area contributed by atoms with Crippen LogP contribution in [0.5, 0.6) is 0 Å². The summed E-state index contributed by atoms with van der Waals surface area (Å²) in [5.41, 5.74) is -0.760. The zero-order valence-electron chi connectivity index (χ0n) is 9.85. The highest BCUT2D eigenvalue weighted by Gasteiger charge is 2.37. The molecule has 0 bridgehead atoms. The van der Waals surface area contributed by atoms with Gasteiger partial charge in [0.05, 0.1) is 10.8 Å². The van der Waals surface area contributed by atoms with Crippen LogP contribution in [0.4, 0.5) is 5.69 Å². The molecule has 8 nitrogen and oxygen atoms in total. The molecule has 2 heterocycles. The van der Waals surface area contributed by atoms with Crippen LogP contribution in [0.2, 0.25) is 5.15 Å². The second-order valence-corrected chi connectivity index (χ2v) is 5.30. The van der Waals surface area contributed by atoms with E-state index in [2.05, 4.69) is 4.98 Å². The highest BCUT2D eigenvalue weighted by Crippen LogP contribution is 2.27. The molecule has 20 heavy (non-hydrogen) atoms. The fourth-order valence-corrected chi connectivity index (χ4v) is 3.04. The first-order chi connectivity index (χ1) is 9.41. The number of rotatable bonds is 3. The summed E-state index contributed by atoms with van der Waals surface area (Å²) in [5, 5.41) is 19.9. The SMILES string of the molecule is O=C(O)[C@@H]1CSCN1C(=O)c1cc(Cl)ncc1[N+](=O)[O-].